The van der Waals surface area contributed by atoms with E-state index in [1.807, 2.05) is 30.3 Å². The molecule has 1 aliphatic rings. The summed E-state index contributed by atoms with van der Waals surface area (Å²) in [6.07, 6.45) is 3.52. The maximum Gasteiger partial charge on any atom is 0.191 e. The van der Waals surface area contributed by atoms with E-state index in [9.17, 15) is 0 Å². The van der Waals surface area contributed by atoms with Crippen molar-refractivity contribution in [1.29, 1.82) is 0 Å². The molecular formula is C22H29N3O2. The Balaban J connectivity index is 1.44. The van der Waals surface area contributed by atoms with Gasteiger partial charge in [-0.1, -0.05) is 30.3 Å². The predicted octanol–water partition coefficient (Wildman–Crippen LogP) is 3.39. The number of hydrogen-bond acceptors (Lipinski definition) is 3. The van der Waals surface area contributed by atoms with Crippen molar-refractivity contribution in [3.63, 3.8) is 0 Å². The van der Waals surface area contributed by atoms with Crippen molar-refractivity contribution in [2.45, 2.75) is 25.8 Å². The van der Waals surface area contributed by atoms with Crippen molar-refractivity contribution in [2.24, 2.45) is 10.9 Å². The summed E-state index contributed by atoms with van der Waals surface area (Å²) >= 11 is 0. The molecule has 0 aromatic heterocycles. The number of nitrogens with one attached hydrogen (secondary N) is 2. The standard InChI is InChI=1S/C22H29N3O2/c1-23-22(24-14-13-17-9-11-20(26-2)12-10-17)25-15-19-5-3-4-6-21(19)27-16-18-7-8-18/h3-6,9-12,18H,7-8,13-16H2,1-2H3,(H2,23,24,25). The third-order valence-electron chi connectivity index (χ3n) is 4.68. The average molecular weight is 367 g/mol. The van der Waals surface area contributed by atoms with Crippen molar-refractivity contribution >= 4 is 5.96 Å². The molecule has 27 heavy (non-hydrogen) atoms. The lowest BCUT2D eigenvalue weighted by Crippen LogP contribution is -2.37. The topological polar surface area (TPSA) is 54.9 Å². The Kier molecular flexibility index (Phi) is 6.97. The second-order valence-electron chi connectivity index (χ2n) is 6.81. The molecule has 5 nitrogen and oxygen atoms in total. The van der Waals surface area contributed by atoms with Crippen LogP contribution >= 0.6 is 0 Å². The smallest absolute Gasteiger partial charge is 0.191 e. The number of rotatable bonds is 9. The van der Waals surface area contributed by atoms with E-state index in [-0.39, 0.29) is 0 Å². The van der Waals surface area contributed by atoms with E-state index in [2.05, 4.69) is 33.8 Å². The molecule has 2 aromatic carbocycles. The van der Waals surface area contributed by atoms with Crippen molar-refractivity contribution in [3.05, 3.63) is 59.7 Å². The summed E-state index contributed by atoms with van der Waals surface area (Å²) in [4.78, 5) is 4.31. The van der Waals surface area contributed by atoms with Crippen LogP contribution in [0, 0.1) is 5.92 Å². The molecule has 0 heterocycles. The van der Waals surface area contributed by atoms with Crippen LogP contribution in [0.25, 0.3) is 0 Å². The minimum Gasteiger partial charge on any atom is -0.497 e. The van der Waals surface area contributed by atoms with Gasteiger partial charge in [0.05, 0.1) is 13.7 Å². The van der Waals surface area contributed by atoms with Crippen LogP contribution in [-0.2, 0) is 13.0 Å². The molecule has 0 aliphatic heterocycles. The molecule has 1 saturated carbocycles. The zero-order valence-corrected chi connectivity index (χ0v) is 16.2. The van der Waals surface area contributed by atoms with Gasteiger partial charge in [0.25, 0.3) is 0 Å². The summed E-state index contributed by atoms with van der Waals surface area (Å²) in [6, 6.07) is 16.4. The van der Waals surface area contributed by atoms with E-state index in [0.29, 0.717) is 6.54 Å². The maximum atomic E-state index is 5.97. The molecule has 0 amide bonds. The van der Waals surface area contributed by atoms with Gasteiger partial charge in [-0.2, -0.15) is 0 Å². The molecule has 1 aliphatic carbocycles. The Morgan fingerprint density at radius 1 is 1.07 bits per heavy atom. The van der Waals surface area contributed by atoms with Crippen LogP contribution in [0.2, 0.25) is 0 Å². The summed E-state index contributed by atoms with van der Waals surface area (Å²) in [6.45, 7) is 2.32. The molecule has 1 fully saturated rings. The van der Waals surface area contributed by atoms with Gasteiger partial charge in [0, 0.05) is 25.7 Å². The minimum atomic E-state index is 0.684. The Morgan fingerprint density at radius 2 is 1.85 bits per heavy atom. The van der Waals surface area contributed by atoms with Gasteiger partial charge in [-0.15, -0.1) is 0 Å². The summed E-state index contributed by atoms with van der Waals surface area (Å²) in [5.41, 5.74) is 2.41. The monoisotopic (exact) mass is 367 g/mol. The Bertz CT molecular complexity index is 739. The molecule has 0 saturated heterocycles. The second kappa shape index (κ2) is 9.86. The van der Waals surface area contributed by atoms with Crippen LogP contribution in [0.3, 0.4) is 0 Å². The lowest BCUT2D eigenvalue weighted by molar-refractivity contribution is 0.296. The number of ether oxygens (including phenoxy) is 2. The summed E-state index contributed by atoms with van der Waals surface area (Å²) < 4.78 is 11.2. The average Bonchev–Trinajstić information content (AvgIpc) is 3.54. The largest absolute Gasteiger partial charge is 0.497 e. The van der Waals surface area contributed by atoms with Gasteiger partial charge in [0.2, 0.25) is 0 Å². The van der Waals surface area contributed by atoms with E-state index < -0.39 is 0 Å². The molecule has 0 atom stereocenters. The SMILES string of the molecule is CN=C(NCCc1ccc(OC)cc1)NCc1ccccc1OCC1CC1. The minimum absolute atomic E-state index is 0.684. The van der Waals surface area contributed by atoms with Gasteiger partial charge in [-0.25, -0.2) is 0 Å². The number of methoxy groups -OCH3 is 1. The van der Waals surface area contributed by atoms with E-state index in [1.54, 1.807) is 14.2 Å². The van der Waals surface area contributed by atoms with Crippen molar-refractivity contribution in [3.8, 4) is 11.5 Å². The fourth-order valence-corrected chi connectivity index (χ4v) is 2.80. The van der Waals surface area contributed by atoms with Crippen LogP contribution in [0.5, 0.6) is 11.5 Å². The lowest BCUT2D eigenvalue weighted by Gasteiger charge is -2.15. The van der Waals surface area contributed by atoms with E-state index in [1.165, 1.54) is 18.4 Å². The number of guanidine groups is 1. The van der Waals surface area contributed by atoms with Crippen LogP contribution < -0.4 is 20.1 Å². The molecular weight excluding hydrogens is 338 g/mol. The summed E-state index contributed by atoms with van der Waals surface area (Å²) in [5.74, 6) is 3.39. The van der Waals surface area contributed by atoms with Gasteiger partial charge in [-0.05, 0) is 48.9 Å². The Labute approximate surface area is 161 Å². The third-order valence-corrected chi connectivity index (χ3v) is 4.68. The highest BCUT2D eigenvalue weighted by Gasteiger charge is 2.22. The Morgan fingerprint density at radius 3 is 2.56 bits per heavy atom. The van der Waals surface area contributed by atoms with Crippen LogP contribution in [0.4, 0.5) is 0 Å². The molecule has 0 spiro atoms. The molecule has 2 N–H and O–H groups in total. The van der Waals surface area contributed by atoms with Crippen molar-refractivity contribution in [1.82, 2.24) is 10.6 Å². The normalized spacial score (nSPS) is 13.9. The number of benzene rings is 2. The number of nitrogens with zero attached hydrogens (tertiary/aromatic N) is 1. The molecule has 144 valence electrons. The van der Waals surface area contributed by atoms with Gasteiger partial charge in [-0.3, -0.25) is 4.99 Å². The zero-order valence-electron chi connectivity index (χ0n) is 16.2. The molecule has 0 radical (unpaired) electrons. The van der Waals surface area contributed by atoms with Gasteiger partial charge in [0.15, 0.2) is 5.96 Å². The fourth-order valence-electron chi connectivity index (χ4n) is 2.80. The summed E-state index contributed by atoms with van der Waals surface area (Å²) in [7, 11) is 3.47. The highest BCUT2D eigenvalue weighted by molar-refractivity contribution is 5.79. The van der Waals surface area contributed by atoms with Crippen molar-refractivity contribution in [2.75, 3.05) is 27.3 Å². The molecule has 2 aromatic rings. The van der Waals surface area contributed by atoms with Crippen LogP contribution in [0.15, 0.2) is 53.5 Å². The second-order valence-corrected chi connectivity index (χ2v) is 6.81. The highest BCUT2D eigenvalue weighted by atomic mass is 16.5. The van der Waals surface area contributed by atoms with E-state index in [4.69, 9.17) is 9.47 Å². The molecule has 3 rings (SSSR count). The third kappa shape index (κ3) is 6.20. The lowest BCUT2D eigenvalue weighted by atomic mass is 10.1. The van der Waals surface area contributed by atoms with Crippen LogP contribution in [-0.4, -0.2) is 33.3 Å². The van der Waals surface area contributed by atoms with Gasteiger partial charge >= 0.3 is 0 Å². The quantitative estimate of drug-likeness (QED) is 0.527. The first-order valence-electron chi connectivity index (χ1n) is 9.56. The molecule has 5 heteroatoms. The number of aliphatic imine (C=N–C) groups is 1. The fraction of sp³-hybridized carbons (Fsp3) is 0.409. The highest BCUT2D eigenvalue weighted by Crippen LogP contribution is 2.30. The molecule has 0 bridgehead atoms. The Hall–Kier alpha value is -2.69. The summed E-state index contributed by atoms with van der Waals surface area (Å²) in [5, 5.41) is 6.74. The number of hydrogen-bond donors (Lipinski definition) is 2. The van der Waals surface area contributed by atoms with Gasteiger partial charge < -0.3 is 20.1 Å². The van der Waals surface area contributed by atoms with Crippen molar-refractivity contribution < 1.29 is 9.47 Å². The first-order valence-corrected chi connectivity index (χ1v) is 9.56. The van der Waals surface area contributed by atoms with E-state index in [0.717, 1.165) is 48.5 Å². The van der Waals surface area contributed by atoms with Crippen LogP contribution in [0.1, 0.15) is 24.0 Å². The molecule has 0 unspecified atom stereocenters. The maximum absolute atomic E-state index is 5.97. The van der Waals surface area contributed by atoms with E-state index >= 15 is 0 Å². The van der Waals surface area contributed by atoms with Gasteiger partial charge in [0.1, 0.15) is 11.5 Å². The zero-order chi connectivity index (χ0) is 18.9. The number of para-hydroxylation sites is 1. The first kappa shape index (κ1) is 19.1. The first-order chi connectivity index (χ1) is 13.3. The predicted molar refractivity (Wildman–Crippen MR) is 110 cm³/mol.